The van der Waals surface area contributed by atoms with Gasteiger partial charge in [-0.2, -0.15) is 8.78 Å². The number of ether oxygens (including phenoxy) is 3. The predicted molar refractivity (Wildman–Crippen MR) is 105 cm³/mol. The normalized spacial score (nSPS) is 10.7. The first-order valence-electron chi connectivity index (χ1n) is 8.67. The zero-order valence-electron chi connectivity index (χ0n) is 16.2. The standard InChI is InChI=1S/C21H19F2NO6/c1-13(25)15-5-7-16(8-6-15)24-19(26)12-29-20(27)10-4-14-3-9-17(30-21(22)23)18(11-14)28-2/h3-11,21H,12H2,1-2H3,(H,24,26)/b10-4+. The Morgan fingerprint density at radius 3 is 2.37 bits per heavy atom. The van der Waals surface area contributed by atoms with Crippen LogP contribution in [0.5, 0.6) is 11.5 Å². The molecule has 7 nitrogen and oxygen atoms in total. The summed E-state index contributed by atoms with van der Waals surface area (Å²) in [5, 5.41) is 2.53. The third-order valence-electron chi connectivity index (χ3n) is 3.74. The van der Waals surface area contributed by atoms with E-state index in [0.717, 1.165) is 6.08 Å². The van der Waals surface area contributed by atoms with Gasteiger partial charge in [-0.3, -0.25) is 9.59 Å². The summed E-state index contributed by atoms with van der Waals surface area (Å²) in [7, 11) is 1.29. The van der Waals surface area contributed by atoms with Crippen molar-refractivity contribution in [2.45, 2.75) is 13.5 Å². The Morgan fingerprint density at radius 1 is 1.07 bits per heavy atom. The number of esters is 1. The van der Waals surface area contributed by atoms with E-state index in [0.29, 0.717) is 16.8 Å². The first-order chi connectivity index (χ1) is 14.3. The molecule has 0 bridgehead atoms. The van der Waals surface area contributed by atoms with E-state index in [2.05, 4.69) is 10.1 Å². The van der Waals surface area contributed by atoms with E-state index in [1.54, 1.807) is 24.3 Å². The molecule has 1 amide bonds. The summed E-state index contributed by atoms with van der Waals surface area (Å²) in [6, 6.07) is 10.4. The highest BCUT2D eigenvalue weighted by atomic mass is 19.3. The van der Waals surface area contributed by atoms with Gasteiger partial charge in [0.25, 0.3) is 5.91 Å². The van der Waals surface area contributed by atoms with Gasteiger partial charge in [-0.05, 0) is 55.0 Å². The van der Waals surface area contributed by atoms with Crippen LogP contribution in [0.15, 0.2) is 48.5 Å². The third kappa shape index (κ3) is 7.01. The average Bonchev–Trinajstić information content (AvgIpc) is 2.71. The lowest BCUT2D eigenvalue weighted by molar-refractivity contribution is -0.142. The molecule has 0 saturated heterocycles. The molecule has 0 aromatic heterocycles. The van der Waals surface area contributed by atoms with Crippen molar-refractivity contribution < 1.29 is 37.4 Å². The number of hydrogen-bond donors (Lipinski definition) is 1. The average molecular weight is 419 g/mol. The minimum absolute atomic E-state index is 0.0704. The van der Waals surface area contributed by atoms with Crippen LogP contribution in [0.1, 0.15) is 22.8 Å². The quantitative estimate of drug-likeness (QED) is 0.379. The molecule has 0 unspecified atom stereocenters. The Morgan fingerprint density at radius 2 is 1.77 bits per heavy atom. The van der Waals surface area contributed by atoms with E-state index >= 15 is 0 Å². The zero-order valence-corrected chi connectivity index (χ0v) is 16.2. The maximum atomic E-state index is 12.3. The summed E-state index contributed by atoms with van der Waals surface area (Å²) in [6.07, 6.45) is 2.45. The number of carbonyl (C=O) groups is 3. The van der Waals surface area contributed by atoms with Crippen LogP contribution in [0.3, 0.4) is 0 Å². The monoisotopic (exact) mass is 419 g/mol. The Bertz CT molecular complexity index is 941. The molecule has 1 N–H and O–H groups in total. The lowest BCUT2D eigenvalue weighted by Gasteiger charge is -2.10. The van der Waals surface area contributed by atoms with Crippen molar-refractivity contribution in [3.63, 3.8) is 0 Å². The van der Waals surface area contributed by atoms with E-state index in [1.807, 2.05) is 0 Å². The van der Waals surface area contributed by atoms with Gasteiger partial charge < -0.3 is 19.5 Å². The van der Waals surface area contributed by atoms with E-state index in [9.17, 15) is 23.2 Å². The SMILES string of the molecule is COc1cc(/C=C/C(=O)OCC(=O)Nc2ccc(C(C)=O)cc2)ccc1OC(F)F. The van der Waals surface area contributed by atoms with E-state index in [1.165, 1.54) is 38.3 Å². The largest absolute Gasteiger partial charge is 0.493 e. The van der Waals surface area contributed by atoms with E-state index in [-0.39, 0.29) is 17.3 Å². The molecular formula is C21H19F2NO6. The number of ketones is 1. The number of halogens is 2. The molecule has 0 aliphatic carbocycles. The second kappa shape index (κ2) is 10.7. The molecule has 0 aliphatic heterocycles. The number of nitrogens with one attached hydrogen (secondary N) is 1. The van der Waals surface area contributed by atoms with Gasteiger partial charge in [-0.1, -0.05) is 6.07 Å². The molecular weight excluding hydrogens is 400 g/mol. The number of alkyl halides is 2. The molecule has 2 rings (SSSR count). The van der Waals surface area contributed by atoms with Crippen LogP contribution < -0.4 is 14.8 Å². The van der Waals surface area contributed by atoms with Crippen molar-refractivity contribution in [1.82, 2.24) is 0 Å². The van der Waals surface area contributed by atoms with E-state index < -0.39 is 25.1 Å². The van der Waals surface area contributed by atoms with Crippen LogP contribution in [-0.2, 0) is 14.3 Å². The van der Waals surface area contributed by atoms with Gasteiger partial charge >= 0.3 is 12.6 Å². The molecule has 2 aromatic rings. The first kappa shape index (κ1) is 22.5. The summed E-state index contributed by atoms with van der Waals surface area (Å²) in [4.78, 5) is 34.8. The molecule has 0 aliphatic rings. The van der Waals surface area contributed by atoms with Gasteiger partial charge in [-0.25, -0.2) is 4.79 Å². The molecule has 0 radical (unpaired) electrons. The molecule has 2 aromatic carbocycles. The number of amides is 1. The number of benzene rings is 2. The van der Waals surface area contributed by atoms with Crippen molar-refractivity contribution in [2.24, 2.45) is 0 Å². The Hall–Kier alpha value is -3.75. The van der Waals surface area contributed by atoms with Crippen molar-refractivity contribution in [1.29, 1.82) is 0 Å². The molecule has 0 atom stereocenters. The number of Topliss-reactive ketones (excluding diaryl/α,β-unsaturated/α-hetero) is 1. The van der Waals surface area contributed by atoms with Crippen molar-refractivity contribution in [3.05, 3.63) is 59.7 Å². The third-order valence-corrected chi connectivity index (χ3v) is 3.74. The molecule has 0 spiro atoms. The minimum atomic E-state index is -2.99. The van der Waals surface area contributed by atoms with Crippen LogP contribution in [0.25, 0.3) is 6.08 Å². The molecule has 0 heterocycles. The minimum Gasteiger partial charge on any atom is -0.493 e. The molecule has 9 heteroatoms. The fourth-order valence-electron chi connectivity index (χ4n) is 2.32. The van der Waals surface area contributed by atoms with Crippen molar-refractivity contribution in [2.75, 3.05) is 19.0 Å². The number of rotatable bonds is 9. The Labute approximate surface area is 171 Å². The number of methoxy groups -OCH3 is 1. The Balaban J connectivity index is 1.87. The lowest BCUT2D eigenvalue weighted by atomic mass is 10.1. The summed E-state index contributed by atoms with van der Waals surface area (Å²) in [5.41, 5.74) is 1.44. The predicted octanol–water partition coefficient (Wildman–Crippen LogP) is 3.69. The lowest BCUT2D eigenvalue weighted by Crippen LogP contribution is -2.20. The van der Waals surface area contributed by atoms with Gasteiger partial charge in [0, 0.05) is 17.3 Å². The van der Waals surface area contributed by atoms with E-state index in [4.69, 9.17) is 9.47 Å². The second-order valence-electron chi connectivity index (χ2n) is 5.91. The Kier molecular flexibility index (Phi) is 8.04. The van der Waals surface area contributed by atoms with Gasteiger partial charge in [0.05, 0.1) is 7.11 Å². The van der Waals surface area contributed by atoms with Crippen molar-refractivity contribution in [3.8, 4) is 11.5 Å². The highest BCUT2D eigenvalue weighted by molar-refractivity contribution is 5.96. The summed E-state index contributed by atoms with van der Waals surface area (Å²) in [6.45, 7) is -2.07. The highest BCUT2D eigenvalue weighted by Crippen LogP contribution is 2.29. The number of anilines is 1. The zero-order chi connectivity index (χ0) is 22.1. The van der Waals surface area contributed by atoms with Crippen LogP contribution in [0.2, 0.25) is 0 Å². The first-order valence-corrected chi connectivity index (χ1v) is 8.67. The molecule has 158 valence electrons. The summed E-state index contributed by atoms with van der Waals surface area (Å²) < 4.78 is 38.8. The summed E-state index contributed by atoms with van der Waals surface area (Å²) >= 11 is 0. The summed E-state index contributed by atoms with van der Waals surface area (Å²) in [5.74, 6) is -1.49. The van der Waals surface area contributed by atoms with Crippen molar-refractivity contribution >= 4 is 29.4 Å². The van der Waals surface area contributed by atoms with Gasteiger partial charge in [0.15, 0.2) is 23.9 Å². The number of carbonyl (C=O) groups excluding carboxylic acids is 3. The van der Waals surface area contributed by atoms with Crippen LogP contribution >= 0.6 is 0 Å². The number of hydrogen-bond acceptors (Lipinski definition) is 6. The fourth-order valence-corrected chi connectivity index (χ4v) is 2.32. The maximum absolute atomic E-state index is 12.3. The van der Waals surface area contributed by atoms with Gasteiger partial charge in [0.1, 0.15) is 0 Å². The molecule has 0 fully saturated rings. The fraction of sp³-hybridized carbons (Fsp3) is 0.190. The van der Waals surface area contributed by atoms with Gasteiger partial charge in [0.2, 0.25) is 0 Å². The maximum Gasteiger partial charge on any atom is 0.387 e. The molecule has 30 heavy (non-hydrogen) atoms. The van der Waals surface area contributed by atoms with Gasteiger partial charge in [-0.15, -0.1) is 0 Å². The smallest absolute Gasteiger partial charge is 0.387 e. The highest BCUT2D eigenvalue weighted by Gasteiger charge is 2.11. The molecule has 0 saturated carbocycles. The topological polar surface area (TPSA) is 90.9 Å². The van der Waals surface area contributed by atoms with Crippen LogP contribution in [-0.4, -0.2) is 38.0 Å². The van der Waals surface area contributed by atoms with Crippen LogP contribution in [0.4, 0.5) is 14.5 Å². The second-order valence-corrected chi connectivity index (χ2v) is 5.91. The van der Waals surface area contributed by atoms with Crippen LogP contribution in [0, 0.1) is 0 Å².